The van der Waals surface area contributed by atoms with Crippen LogP contribution in [0.2, 0.25) is 0 Å². The number of benzene rings is 3. The average molecular weight is 575 g/mol. The predicted molar refractivity (Wildman–Crippen MR) is 155 cm³/mol. The summed E-state index contributed by atoms with van der Waals surface area (Å²) in [5.74, 6) is -0.122. The Labute approximate surface area is 240 Å². The number of esters is 1. The molecule has 3 aromatic rings. The van der Waals surface area contributed by atoms with E-state index in [1.165, 1.54) is 6.08 Å². The van der Waals surface area contributed by atoms with Crippen molar-refractivity contribution in [1.29, 1.82) is 0 Å². The summed E-state index contributed by atoms with van der Waals surface area (Å²) in [6.45, 7) is 8.84. The van der Waals surface area contributed by atoms with Crippen LogP contribution in [0.4, 0.5) is 4.79 Å². The lowest BCUT2D eigenvalue weighted by molar-refractivity contribution is -0.138. The number of thioether (sulfide) groups is 2. The van der Waals surface area contributed by atoms with E-state index in [9.17, 15) is 19.2 Å². The molecule has 0 fully saturated rings. The number of hydrogen-bond donors (Lipinski definition) is 0. The van der Waals surface area contributed by atoms with Gasteiger partial charge in [0, 0.05) is 27.7 Å². The lowest BCUT2D eigenvalue weighted by Crippen LogP contribution is -2.12. The smallest absolute Gasteiger partial charge is 0.435 e. The number of rotatable bonds is 10. The minimum absolute atomic E-state index is 0.0168. The minimum atomic E-state index is -0.857. The van der Waals surface area contributed by atoms with Crippen LogP contribution in [-0.4, -0.2) is 29.0 Å². The molecule has 0 N–H and O–H groups in total. The van der Waals surface area contributed by atoms with E-state index in [1.807, 2.05) is 43.3 Å². The van der Waals surface area contributed by atoms with Gasteiger partial charge in [0.25, 0.3) is 0 Å². The van der Waals surface area contributed by atoms with E-state index in [1.54, 1.807) is 24.3 Å². The maximum Gasteiger partial charge on any atom is 0.513 e. The highest BCUT2D eigenvalue weighted by Gasteiger charge is 2.27. The molecule has 3 aromatic carbocycles. The van der Waals surface area contributed by atoms with Gasteiger partial charge < -0.3 is 14.2 Å². The molecule has 1 aliphatic rings. The Kier molecular flexibility index (Phi) is 9.63. The second kappa shape index (κ2) is 13.3. The molecule has 7 nitrogen and oxygen atoms in total. The summed E-state index contributed by atoms with van der Waals surface area (Å²) in [6, 6.07) is 18.3. The van der Waals surface area contributed by atoms with E-state index < -0.39 is 12.1 Å². The number of fused-ring (bicyclic) bond motifs is 3. The predicted octanol–water partition coefficient (Wildman–Crippen LogP) is 7.54. The zero-order valence-corrected chi connectivity index (χ0v) is 23.3. The molecule has 40 heavy (non-hydrogen) atoms. The van der Waals surface area contributed by atoms with E-state index in [0.717, 1.165) is 61.8 Å². The lowest BCUT2D eigenvalue weighted by atomic mass is 9.98. The Bertz CT molecular complexity index is 1480. The van der Waals surface area contributed by atoms with Crippen molar-refractivity contribution in [2.75, 3.05) is 6.61 Å². The molecule has 0 saturated carbocycles. The van der Waals surface area contributed by atoms with Gasteiger partial charge in [-0.2, -0.15) is 0 Å². The maximum absolute atomic E-state index is 13.0. The van der Waals surface area contributed by atoms with Crippen LogP contribution in [0.15, 0.2) is 96.0 Å². The van der Waals surface area contributed by atoms with Gasteiger partial charge in [-0.05, 0) is 107 Å². The third-order valence-electron chi connectivity index (χ3n) is 6.11. The van der Waals surface area contributed by atoms with Crippen molar-refractivity contribution in [3.05, 3.63) is 103 Å². The Morgan fingerprint density at radius 3 is 2.20 bits per heavy atom. The van der Waals surface area contributed by atoms with Crippen LogP contribution in [0, 0.1) is 0 Å². The second-order valence-electron chi connectivity index (χ2n) is 8.72. The quantitative estimate of drug-likeness (QED) is 0.0607. The third-order valence-corrected chi connectivity index (χ3v) is 7.92. The van der Waals surface area contributed by atoms with Gasteiger partial charge in [-0.25, -0.2) is 4.79 Å². The van der Waals surface area contributed by atoms with Crippen LogP contribution in [0.3, 0.4) is 0 Å². The highest BCUT2D eigenvalue weighted by atomic mass is 32.2. The van der Waals surface area contributed by atoms with Gasteiger partial charge in [-0.15, -0.1) is 0 Å². The van der Waals surface area contributed by atoms with Gasteiger partial charge >= 0.3 is 12.1 Å². The summed E-state index contributed by atoms with van der Waals surface area (Å²) in [6.07, 6.45) is 1.87. The summed E-state index contributed by atoms with van der Waals surface area (Å²) in [7, 11) is 0. The molecular formula is C31H26O7S2. The molecule has 0 aliphatic heterocycles. The van der Waals surface area contributed by atoms with Crippen molar-refractivity contribution in [3.63, 3.8) is 0 Å². The fraction of sp³-hybridized carbons (Fsp3) is 0.161. The highest BCUT2D eigenvalue weighted by Crippen LogP contribution is 2.46. The first-order chi connectivity index (χ1) is 19.3. The van der Waals surface area contributed by atoms with Crippen molar-refractivity contribution in [2.45, 2.75) is 35.5 Å². The van der Waals surface area contributed by atoms with Gasteiger partial charge in [-0.3, -0.25) is 14.4 Å². The summed E-state index contributed by atoms with van der Waals surface area (Å²) in [5, 5.41) is -0.221. The van der Waals surface area contributed by atoms with Crippen LogP contribution in [0.1, 0.15) is 47.2 Å². The molecule has 0 spiro atoms. The number of ether oxygens (including phenoxy) is 3. The van der Waals surface area contributed by atoms with Crippen molar-refractivity contribution in [3.8, 4) is 16.9 Å². The van der Waals surface area contributed by atoms with E-state index in [4.69, 9.17) is 9.47 Å². The molecule has 0 aromatic heterocycles. The fourth-order valence-corrected chi connectivity index (χ4v) is 5.54. The molecule has 0 unspecified atom stereocenters. The van der Waals surface area contributed by atoms with Crippen LogP contribution < -0.4 is 4.74 Å². The molecule has 1 aliphatic carbocycles. The van der Waals surface area contributed by atoms with E-state index in [2.05, 4.69) is 17.9 Å². The molecule has 0 saturated heterocycles. The van der Waals surface area contributed by atoms with E-state index >= 15 is 0 Å². The van der Waals surface area contributed by atoms with Crippen molar-refractivity contribution < 1.29 is 33.4 Å². The normalized spacial score (nSPS) is 13.0. The van der Waals surface area contributed by atoms with Gasteiger partial charge in [-0.1, -0.05) is 32.2 Å². The van der Waals surface area contributed by atoms with Crippen molar-refractivity contribution in [2.24, 2.45) is 0 Å². The molecule has 0 radical (unpaired) electrons. The van der Waals surface area contributed by atoms with Gasteiger partial charge in [0.2, 0.25) is 10.2 Å². The topological polar surface area (TPSA) is 96.0 Å². The third kappa shape index (κ3) is 7.11. The average Bonchev–Trinajstić information content (AvgIpc) is 3.22. The Hall–Kier alpha value is -4.08. The second-order valence-corrected chi connectivity index (χ2v) is 10.8. The summed E-state index contributed by atoms with van der Waals surface area (Å²) < 4.78 is 15.0. The zero-order chi connectivity index (χ0) is 28.6. The van der Waals surface area contributed by atoms with E-state index in [0.29, 0.717) is 17.7 Å². The Balaban J connectivity index is 1.37. The first-order valence-corrected chi connectivity index (χ1v) is 14.0. The fourth-order valence-electron chi connectivity index (χ4n) is 4.22. The van der Waals surface area contributed by atoms with Crippen LogP contribution in [-0.2, 0) is 19.1 Å². The Morgan fingerprint density at radius 1 is 0.875 bits per heavy atom. The number of carbonyl (C=O) groups excluding carboxylic acids is 4. The highest BCUT2D eigenvalue weighted by molar-refractivity contribution is 8.14. The van der Waals surface area contributed by atoms with Gasteiger partial charge in [0.05, 0.1) is 12.9 Å². The van der Waals surface area contributed by atoms with Gasteiger partial charge in [0.15, 0.2) is 0 Å². The summed E-state index contributed by atoms with van der Waals surface area (Å²) in [4.78, 5) is 49.5. The first kappa shape index (κ1) is 28.9. The number of hydrogen-bond acceptors (Lipinski definition) is 9. The van der Waals surface area contributed by atoms with Crippen molar-refractivity contribution >= 4 is 45.9 Å². The molecule has 4 rings (SSSR count). The standard InChI is InChI=1S/C31H26O7S2/c1-4-29(33)39-22-10-12-23(13-11-22)40-30(34)20-8-14-24-25-15-9-21(18-27(25)19(3)26(24)17-20)38-31(35)37-16-6-7-28(32)36-5-2/h4-5,8-15,17-19H,1-2,6-7,16H2,3H3/t19-/m1/s1. The maximum atomic E-state index is 13.0. The molecule has 0 heterocycles. The van der Waals surface area contributed by atoms with Crippen molar-refractivity contribution in [1.82, 2.24) is 0 Å². The minimum Gasteiger partial charge on any atom is -0.435 e. The Morgan fingerprint density at radius 2 is 1.52 bits per heavy atom. The summed E-state index contributed by atoms with van der Waals surface area (Å²) in [5.41, 5.74) is 4.62. The molecule has 1 atom stereocenters. The van der Waals surface area contributed by atoms with E-state index in [-0.39, 0.29) is 29.2 Å². The molecular weight excluding hydrogens is 548 g/mol. The van der Waals surface area contributed by atoms with Crippen LogP contribution in [0.25, 0.3) is 11.1 Å². The largest absolute Gasteiger partial charge is 0.513 e. The lowest BCUT2D eigenvalue weighted by Gasteiger charge is -2.10. The van der Waals surface area contributed by atoms with Gasteiger partial charge in [0.1, 0.15) is 5.75 Å². The SMILES string of the molecule is C=COC(=O)CCCOC(=O)Oc1ccc2c(c1)[C@H](C)c1cc(C(=O)Sc3ccc(SC(=O)C=C)cc3)ccc1-2. The first-order valence-electron chi connectivity index (χ1n) is 12.4. The monoisotopic (exact) mass is 574 g/mol. The van der Waals surface area contributed by atoms with Crippen LogP contribution in [0.5, 0.6) is 5.75 Å². The zero-order valence-electron chi connectivity index (χ0n) is 21.7. The van der Waals surface area contributed by atoms with Crippen LogP contribution >= 0.6 is 23.5 Å². The number of carbonyl (C=O) groups is 4. The summed E-state index contributed by atoms with van der Waals surface area (Å²) >= 11 is 2.21. The molecule has 9 heteroatoms. The molecule has 0 bridgehead atoms. The molecule has 204 valence electrons. The molecule has 0 amide bonds.